The van der Waals surface area contributed by atoms with E-state index in [4.69, 9.17) is 27.6 Å². The topological polar surface area (TPSA) is 78.9 Å². The number of hydrogen-bond donors (Lipinski definition) is 1. The molecule has 1 N–H and O–H groups in total. The van der Waals surface area contributed by atoms with Crippen molar-refractivity contribution in [3.05, 3.63) is 111 Å². The average Bonchev–Trinajstić information content (AvgIpc) is 3.54. The molecule has 0 aliphatic carbocycles. The number of nitrogens with one attached hydrogen (secondary N) is 1. The third kappa shape index (κ3) is 5.05. The SMILES string of the molecule is N#C/C(=C\c1ccc(-c2cccc(Cl)c2Cl)o1)C(=O)Nc1ncc(Cc2cccc3ccccc23)s1. The van der Waals surface area contributed by atoms with E-state index in [1.165, 1.54) is 33.7 Å². The molecule has 8 heteroatoms. The lowest BCUT2D eigenvalue weighted by atomic mass is 10.0. The summed E-state index contributed by atoms with van der Waals surface area (Å²) in [6, 6.07) is 24.9. The fraction of sp³-hybridized carbons (Fsp3) is 0.0357. The molecule has 5 aromatic rings. The van der Waals surface area contributed by atoms with Crippen LogP contribution in [0.1, 0.15) is 16.2 Å². The third-order valence-corrected chi connectivity index (χ3v) is 7.25. The molecular weight excluding hydrogens is 513 g/mol. The van der Waals surface area contributed by atoms with E-state index in [1.807, 2.05) is 24.3 Å². The van der Waals surface area contributed by atoms with E-state index in [0.29, 0.717) is 38.7 Å². The Morgan fingerprint density at radius 2 is 1.86 bits per heavy atom. The summed E-state index contributed by atoms with van der Waals surface area (Å²) < 4.78 is 5.78. The number of carbonyl (C=O) groups is 1. The zero-order valence-corrected chi connectivity index (χ0v) is 21.0. The van der Waals surface area contributed by atoms with Crippen LogP contribution in [-0.2, 0) is 11.2 Å². The van der Waals surface area contributed by atoms with Gasteiger partial charge in [0.15, 0.2) is 5.13 Å². The van der Waals surface area contributed by atoms with Gasteiger partial charge in [-0.1, -0.05) is 71.7 Å². The number of hydrogen-bond acceptors (Lipinski definition) is 5. The fourth-order valence-corrected chi connectivity index (χ4v) is 5.03. The maximum atomic E-state index is 12.8. The first-order valence-electron chi connectivity index (χ1n) is 10.9. The van der Waals surface area contributed by atoms with E-state index in [-0.39, 0.29) is 5.57 Å². The number of amides is 1. The van der Waals surface area contributed by atoms with E-state index in [9.17, 15) is 10.1 Å². The Kier molecular flexibility index (Phi) is 6.88. The van der Waals surface area contributed by atoms with Gasteiger partial charge in [-0.05, 0) is 40.6 Å². The van der Waals surface area contributed by atoms with Crippen molar-refractivity contribution in [3.63, 3.8) is 0 Å². The van der Waals surface area contributed by atoms with Gasteiger partial charge in [-0.15, -0.1) is 11.3 Å². The molecule has 0 bridgehead atoms. The van der Waals surface area contributed by atoms with Crippen LogP contribution in [0.4, 0.5) is 5.13 Å². The molecule has 3 aromatic carbocycles. The normalized spacial score (nSPS) is 11.4. The van der Waals surface area contributed by atoms with E-state index in [1.54, 1.807) is 36.5 Å². The summed E-state index contributed by atoms with van der Waals surface area (Å²) in [5, 5.41) is 15.8. The Bertz CT molecular complexity index is 1660. The van der Waals surface area contributed by atoms with Crippen LogP contribution in [0.5, 0.6) is 0 Å². The minimum Gasteiger partial charge on any atom is -0.457 e. The zero-order valence-electron chi connectivity index (χ0n) is 18.7. The summed E-state index contributed by atoms with van der Waals surface area (Å²) in [6.45, 7) is 0. The number of nitriles is 1. The number of nitrogens with zero attached hydrogens (tertiary/aromatic N) is 2. The van der Waals surface area contributed by atoms with Crippen molar-refractivity contribution in [2.24, 2.45) is 0 Å². The third-order valence-electron chi connectivity index (χ3n) is 5.51. The average molecular weight is 530 g/mol. The van der Waals surface area contributed by atoms with Crippen LogP contribution >= 0.6 is 34.5 Å². The molecule has 0 aliphatic rings. The number of thiazole rings is 1. The molecule has 5 nitrogen and oxygen atoms in total. The molecule has 0 spiro atoms. The first kappa shape index (κ1) is 23.8. The molecule has 176 valence electrons. The monoisotopic (exact) mass is 529 g/mol. The van der Waals surface area contributed by atoms with Crippen LogP contribution in [0.25, 0.3) is 28.2 Å². The van der Waals surface area contributed by atoms with Gasteiger partial charge in [0.1, 0.15) is 23.2 Å². The molecule has 0 aliphatic heterocycles. The second kappa shape index (κ2) is 10.4. The fourth-order valence-electron chi connectivity index (χ4n) is 3.81. The van der Waals surface area contributed by atoms with Crippen molar-refractivity contribution in [3.8, 4) is 17.4 Å². The summed E-state index contributed by atoms with van der Waals surface area (Å²) in [5.41, 5.74) is 1.69. The van der Waals surface area contributed by atoms with E-state index >= 15 is 0 Å². The largest absolute Gasteiger partial charge is 0.457 e. The molecule has 0 unspecified atom stereocenters. The van der Waals surface area contributed by atoms with Crippen molar-refractivity contribution in [2.45, 2.75) is 6.42 Å². The minimum absolute atomic E-state index is 0.112. The summed E-state index contributed by atoms with van der Waals surface area (Å²) >= 11 is 13.7. The Hall–Kier alpha value is -3.89. The van der Waals surface area contributed by atoms with Gasteiger partial charge in [-0.25, -0.2) is 4.98 Å². The standard InChI is InChI=1S/C28H17Cl2N3O2S/c29-24-10-4-9-23(26(24)30)25-12-11-20(35-25)13-19(15-31)27(34)33-28-32-16-21(36-28)14-18-7-3-6-17-5-1-2-8-22(17)18/h1-13,16H,14H2,(H,32,33,34)/b19-13+. The van der Waals surface area contributed by atoms with Gasteiger partial charge in [-0.3, -0.25) is 10.1 Å². The predicted molar refractivity (Wildman–Crippen MR) is 145 cm³/mol. The molecule has 0 fully saturated rings. The number of aromatic nitrogens is 1. The van der Waals surface area contributed by atoms with Crippen LogP contribution in [-0.4, -0.2) is 10.9 Å². The lowest BCUT2D eigenvalue weighted by molar-refractivity contribution is -0.112. The molecule has 0 saturated heterocycles. The molecule has 5 rings (SSSR count). The quantitative estimate of drug-likeness (QED) is 0.178. The van der Waals surface area contributed by atoms with Crippen molar-refractivity contribution in [1.29, 1.82) is 5.26 Å². The molecule has 0 saturated carbocycles. The highest BCUT2D eigenvalue weighted by Gasteiger charge is 2.15. The lowest BCUT2D eigenvalue weighted by Gasteiger charge is -2.04. The first-order valence-corrected chi connectivity index (χ1v) is 12.5. The zero-order chi connectivity index (χ0) is 25.1. The minimum atomic E-state index is -0.567. The first-order chi connectivity index (χ1) is 17.5. The maximum Gasteiger partial charge on any atom is 0.268 e. The van der Waals surface area contributed by atoms with Crippen molar-refractivity contribution >= 4 is 62.4 Å². The van der Waals surface area contributed by atoms with Crippen LogP contribution < -0.4 is 5.32 Å². The summed E-state index contributed by atoms with van der Waals surface area (Å²) in [7, 11) is 0. The highest BCUT2D eigenvalue weighted by Crippen LogP contribution is 2.34. The number of furan rings is 1. The van der Waals surface area contributed by atoms with Gasteiger partial charge in [0.05, 0.1) is 10.0 Å². The highest BCUT2D eigenvalue weighted by atomic mass is 35.5. The number of halogens is 2. The maximum absolute atomic E-state index is 12.8. The van der Waals surface area contributed by atoms with Gasteiger partial charge in [0, 0.05) is 29.1 Å². The summed E-state index contributed by atoms with van der Waals surface area (Å²) in [6.07, 6.45) is 3.81. The Balaban J connectivity index is 1.31. The number of anilines is 1. The Morgan fingerprint density at radius 3 is 2.72 bits per heavy atom. The Labute approximate surface area is 221 Å². The van der Waals surface area contributed by atoms with Gasteiger partial charge < -0.3 is 4.42 Å². The molecule has 0 radical (unpaired) electrons. The van der Waals surface area contributed by atoms with Crippen LogP contribution in [0.2, 0.25) is 10.0 Å². The number of carbonyl (C=O) groups excluding carboxylic acids is 1. The van der Waals surface area contributed by atoms with E-state index < -0.39 is 5.91 Å². The molecule has 2 heterocycles. The molecule has 0 atom stereocenters. The number of fused-ring (bicyclic) bond motifs is 1. The number of benzene rings is 3. The number of rotatable bonds is 6. The van der Waals surface area contributed by atoms with Gasteiger partial charge >= 0.3 is 0 Å². The van der Waals surface area contributed by atoms with Gasteiger partial charge in [-0.2, -0.15) is 5.26 Å². The smallest absolute Gasteiger partial charge is 0.268 e. The molecule has 2 aromatic heterocycles. The van der Waals surface area contributed by atoms with Gasteiger partial charge in [0.2, 0.25) is 0 Å². The predicted octanol–water partition coefficient (Wildman–Crippen LogP) is 8.00. The van der Waals surface area contributed by atoms with E-state index in [2.05, 4.69) is 34.6 Å². The van der Waals surface area contributed by atoms with Gasteiger partial charge in [0.25, 0.3) is 5.91 Å². The molecular formula is C28H17Cl2N3O2S. The van der Waals surface area contributed by atoms with Crippen molar-refractivity contribution in [1.82, 2.24) is 4.98 Å². The van der Waals surface area contributed by atoms with Crippen LogP contribution in [0.3, 0.4) is 0 Å². The summed E-state index contributed by atoms with van der Waals surface area (Å²) in [4.78, 5) is 18.1. The van der Waals surface area contributed by atoms with Crippen molar-refractivity contribution < 1.29 is 9.21 Å². The summed E-state index contributed by atoms with van der Waals surface area (Å²) in [5.74, 6) is 0.246. The van der Waals surface area contributed by atoms with E-state index in [0.717, 1.165) is 4.88 Å². The molecule has 1 amide bonds. The Morgan fingerprint density at radius 1 is 1.06 bits per heavy atom. The molecule has 36 heavy (non-hydrogen) atoms. The highest BCUT2D eigenvalue weighted by molar-refractivity contribution is 7.15. The van der Waals surface area contributed by atoms with Crippen LogP contribution in [0, 0.1) is 11.3 Å². The second-order valence-electron chi connectivity index (χ2n) is 7.87. The van der Waals surface area contributed by atoms with Crippen molar-refractivity contribution in [2.75, 3.05) is 5.32 Å². The lowest BCUT2D eigenvalue weighted by Crippen LogP contribution is -2.13. The van der Waals surface area contributed by atoms with Crippen LogP contribution in [0.15, 0.2) is 89.0 Å². The second-order valence-corrected chi connectivity index (χ2v) is 9.77.